The average molecular weight is 491 g/mol. The second kappa shape index (κ2) is 15.0. The third-order valence-electron chi connectivity index (χ3n) is 6.27. The molecule has 1 aliphatic rings. The first-order valence-corrected chi connectivity index (χ1v) is 12.5. The summed E-state index contributed by atoms with van der Waals surface area (Å²) in [7, 11) is 1.44. The number of rotatable bonds is 5. The van der Waals surface area contributed by atoms with Gasteiger partial charge in [0.2, 0.25) is 11.8 Å². The van der Waals surface area contributed by atoms with E-state index in [2.05, 4.69) is 13.8 Å². The Balaban J connectivity index is 2.34. The fourth-order valence-electron chi connectivity index (χ4n) is 4.31. The molecule has 35 heavy (non-hydrogen) atoms. The molecule has 2 N–H and O–H groups in total. The van der Waals surface area contributed by atoms with Gasteiger partial charge < -0.3 is 29.5 Å². The van der Waals surface area contributed by atoms with Crippen molar-refractivity contribution >= 4 is 17.9 Å². The second-order valence-electron chi connectivity index (χ2n) is 9.60. The monoisotopic (exact) mass is 490 g/mol. The molecule has 0 unspecified atom stereocenters. The number of hydrogen-bond donors (Lipinski definition) is 2. The van der Waals surface area contributed by atoms with Gasteiger partial charge >= 0.3 is 0 Å². The first-order chi connectivity index (χ1) is 16.7. The number of ether oxygens (including phenoxy) is 2. The van der Waals surface area contributed by atoms with Crippen molar-refractivity contribution in [3.8, 4) is 0 Å². The van der Waals surface area contributed by atoms with Crippen molar-refractivity contribution in [2.45, 2.75) is 64.4 Å². The van der Waals surface area contributed by atoms with E-state index in [1.807, 2.05) is 41.3 Å². The lowest BCUT2D eigenvalue weighted by Gasteiger charge is -2.38. The highest BCUT2D eigenvalue weighted by molar-refractivity contribution is 5.92. The van der Waals surface area contributed by atoms with Crippen LogP contribution < -0.4 is 0 Å². The normalized spacial score (nSPS) is 25.6. The van der Waals surface area contributed by atoms with Crippen LogP contribution in [0.15, 0.2) is 36.4 Å². The van der Waals surface area contributed by atoms with Crippen LogP contribution in [0.4, 0.5) is 0 Å². The van der Waals surface area contributed by atoms with Crippen LogP contribution in [-0.2, 0) is 19.1 Å². The van der Waals surface area contributed by atoms with E-state index < -0.39 is 18.3 Å². The molecule has 2 amide bonds. The van der Waals surface area contributed by atoms with E-state index in [1.165, 1.54) is 14.0 Å². The lowest BCUT2D eigenvalue weighted by molar-refractivity contribution is -0.140. The zero-order chi connectivity index (χ0) is 25.8. The Kier molecular flexibility index (Phi) is 12.4. The molecule has 0 aliphatic carbocycles. The van der Waals surface area contributed by atoms with E-state index in [0.29, 0.717) is 38.5 Å². The summed E-state index contributed by atoms with van der Waals surface area (Å²) in [5.74, 6) is 0.0166. The van der Waals surface area contributed by atoms with Crippen molar-refractivity contribution in [2.75, 3.05) is 40.0 Å². The first-order valence-electron chi connectivity index (χ1n) is 12.5. The molecule has 1 aliphatic heterocycles. The van der Waals surface area contributed by atoms with Gasteiger partial charge in [0.25, 0.3) is 0 Å². The van der Waals surface area contributed by atoms with Crippen molar-refractivity contribution in [1.29, 1.82) is 0 Å². The quantitative estimate of drug-likeness (QED) is 0.615. The molecular formula is C27H42N2O6. The summed E-state index contributed by atoms with van der Waals surface area (Å²) in [5.41, 5.74) is 0.942. The molecule has 0 aromatic heterocycles. The van der Waals surface area contributed by atoms with Crippen molar-refractivity contribution in [1.82, 2.24) is 9.80 Å². The standard InChI is InChI=1S/C27H42N2O6/c1-20(2)16-23-17-28(21(3)30)18-25(34-4)27(33)24(31)19-35-15-9-8-14-29(23)26(32)13-12-22-10-6-5-7-11-22/h5-7,10-13,20,23-25,27,31,33H,8-9,14-19H2,1-4H3/b13-12+/t23-,24+,25+,27+/m0/s1. The van der Waals surface area contributed by atoms with Crippen LogP contribution in [0.5, 0.6) is 0 Å². The van der Waals surface area contributed by atoms with Crippen molar-refractivity contribution in [2.24, 2.45) is 5.92 Å². The van der Waals surface area contributed by atoms with E-state index in [0.717, 1.165) is 12.0 Å². The highest BCUT2D eigenvalue weighted by Crippen LogP contribution is 2.18. The van der Waals surface area contributed by atoms with E-state index in [1.54, 1.807) is 11.0 Å². The average Bonchev–Trinajstić information content (AvgIpc) is 2.83. The predicted molar refractivity (Wildman–Crippen MR) is 136 cm³/mol. The Bertz CT molecular complexity index is 800. The summed E-state index contributed by atoms with van der Waals surface area (Å²) in [4.78, 5) is 29.5. The van der Waals surface area contributed by atoms with Gasteiger partial charge in [-0.2, -0.15) is 0 Å². The SMILES string of the molecule is CO[C@@H]1CN(C(C)=O)C[C@H](CC(C)C)N(C(=O)/C=C/c2ccccc2)CCCCOC[C@@H](O)[C@H]1O. The van der Waals surface area contributed by atoms with Crippen LogP contribution in [0.1, 0.15) is 45.6 Å². The Labute approximate surface area is 209 Å². The van der Waals surface area contributed by atoms with Gasteiger partial charge in [-0.05, 0) is 36.8 Å². The molecule has 0 radical (unpaired) electrons. The molecule has 2 rings (SSSR count). The highest BCUT2D eigenvalue weighted by Gasteiger charge is 2.32. The lowest BCUT2D eigenvalue weighted by atomic mass is 10.00. The molecule has 1 aromatic carbocycles. The summed E-state index contributed by atoms with van der Waals surface area (Å²) >= 11 is 0. The van der Waals surface area contributed by atoms with Gasteiger partial charge in [0.05, 0.1) is 6.61 Å². The molecule has 0 bridgehead atoms. The Morgan fingerprint density at radius 3 is 2.51 bits per heavy atom. The van der Waals surface area contributed by atoms with Gasteiger partial charge in [-0.25, -0.2) is 0 Å². The number of methoxy groups -OCH3 is 1. The van der Waals surface area contributed by atoms with Gasteiger partial charge in [-0.15, -0.1) is 0 Å². The largest absolute Gasteiger partial charge is 0.388 e. The molecule has 0 saturated carbocycles. The molecule has 8 heteroatoms. The van der Waals surface area contributed by atoms with Gasteiger partial charge in [0, 0.05) is 52.4 Å². The molecule has 1 fully saturated rings. The minimum atomic E-state index is -1.21. The van der Waals surface area contributed by atoms with Crippen molar-refractivity contribution < 1.29 is 29.3 Å². The van der Waals surface area contributed by atoms with E-state index in [-0.39, 0.29) is 31.0 Å². The molecule has 1 aromatic rings. The smallest absolute Gasteiger partial charge is 0.246 e. The minimum absolute atomic E-state index is 0.0282. The van der Waals surface area contributed by atoms with Gasteiger partial charge in [0.1, 0.15) is 18.3 Å². The topological polar surface area (TPSA) is 99.5 Å². The minimum Gasteiger partial charge on any atom is -0.388 e. The molecule has 4 atom stereocenters. The van der Waals surface area contributed by atoms with Gasteiger partial charge in [-0.1, -0.05) is 44.2 Å². The number of carbonyl (C=O) groups excluding carboxylic acids is 2. The summed E-state index contributed by atoms with van der Waals surface area (Å²) in [5, 5.41) is 20.9. The lowest BCUT2D eigenvalue weighted by Crippen LogP contribution is -2.53. The first kappa shape index (κ1) is 29.0. The molecule has 1 saturated heterocycles. The second-order valence-corrected chi connectivity index (χ2v) is 9.60. The molecule has 196 valence electrons. The van der Waals surface area contributed by atoms with Crippen molar-refractivity contribution in [3.05, 3.63) is 42.0 Å². The fourth-order valence-corrected chi connectivity index (χ4v) is 4.31. The summed E-state index contributed by atoms with van der Waals surface area (Å²) in [6, 6.07) is 9.46. The fraction of sp³-hybridized carbons (Fsp3) is 0.630. The van der Waals surface area contributed by atoms with Crippen LogP contribution >= 0.6 is 0 Å². The number of aliphatic hydroxyl groups is 2. The Hall–Kier alpha value is -2.26. The van der Waals surface area contributed by atoms with E-state index >= 15 is 0 Å². The van der Waals surface area contributed by atoms with Crippen molar-refractivity contribution in [3.63, 3.8) is 0 Å². The number of aliphatic hydroxyl groups excluding tert-OH is 2. The molecule has 8 nitrogen and oxygen atoms in total. The maximum Gasteiger partial charge on any atom is 0.246 e. The zero-order valence-corrected chi connectivity index (χ0v) is 21.5. The zero-order valence-electron chi connectivity index (χ0n) is 21.5. The third kappa shape index (κ3) is 9.72. The van der Waals surface area contributed by atoms with Gasteiger partial charge in [0.15, 0.2) is 0 Å². The summed E-state index contributed by atoms with van der Waals surface area (Å²) < 4.78 is 11.0. The van der Waals surface area contributed by atoms with Crippen LogP contribution in [0.2, 0.25) is 0 Å². The summed E-state index contributed by atoms with van der Waals surface area (Å²) in [6.45, 7) is 6.99. The molecular weight excluding hydrogens is 448 g/mol. The number of nitrogens with zero attached hydrogens (tertiary/aromatic N) is 2. The number of amides is 2. The third-order valence-corrected chi connectivity index (χ3v) is 6.27. The van der Waals surface area contributed by atoms with E-state index in [9.17, 15) is 19.8 Å². The van der Waals surface area contributed by atoms with Crippen LogP contribution in [0.25, 0.3) is 6.08 Å². The van der Waals surface area contributed by atoms with E-state index in [4.69, 9.17) is 9.47 Å². The predicted octanol–water partition coefficient (Wildman–Crippen LogP) is 2.34. The van der Waals surface area contributed by atoms with Crippen LogP contribution in [0.3, 0.4) is 0 Å². The summed E-state index contributed by atoms with van der Waals surface area (Å²) in [6.07, 6.45) is 2.43. The van der Waals surface area contributed by atoms with Crippen LogP contribution in [0, 0.1) is 5.92 Å². The maximum atomic E-state index is 13.4. The number of carbonyl (C=O) groups is 2. The number of benzene rings is 1. The van der Waals surface area contributed by atoms with Gasteiger partial charge in [-0.3, -0.25) is 9.59 Å². The Morgan fingerprint density at radius 2 is 1.89 bits per heavy atom. The maximum absolute atomic E-state index is 13.4. The Morgan fingerprint density at radius 1 is 1.17 bits per heavy atom. The van der Waals surface area contributed by atoms with Crippen LogP contribution in [-0.4, -0.2) is 96.1 Å². The highest BCUT2D eigenvalue weighted by atomic mass is 16.5. The number of hydrogen-bond acceptors (Lipinski definition) is 6. The molecule has 0 spiro atoms. The molecule has 1 heterocycles.